The van der Waals surface area contributed by atoms with Gasteiger partial charge in [-0.25, -0.2) is 0 Å². The number of hydrogen-bond donors (Lipinski definition) is 2. The highest BCUT2D eigenvalue weighted by Gasteiger charge is 2.20. The molecule has 0 saturated carbocycles. The summed E-state index contributed by atoms with van der Waals surface area (Å²) in [4.78, 5) is 24.8. The summed E-state index contributed by atoms with van der Waals surface area (Å²) >= 11 is 0. The van der Waals surface area contributed by atoms with Gasteiger partial charge in [0.15, 0.2) is 6.61 Å². The molecule has 2 rings (SSSR count). The molecule has 1 aromatic rings. The zero-order chi connectivity index (χ0) is 17.4. The number of nitrogens with zero attached hydrogens (tertiary/aromatic N) is 1. The van der Waals surface area contributed by atoms with Crippen LogP contribution in [0.4, 0.5) is 0 Å². The average Bonchev–Trinajstić information content (AvgIpc) is 2.59. The Morgan fingerprint density at radius 1 is 1.25 bits per heavy atom. The third-order valence-electron chi connectivity index (χ3n) is 4.03. The molecule has 7 heteroatoms. The number of amides is 2. The van der Waals surface area contributed by atoms with E-state index in [4.69, 9.17) is 15.2 Å². The fourth-order valence-electron chi connectivity index (χ4n) is 2.62. The predicted molar refractivity (Wildman–Crippen MR) is 89.4 cm³/mol. The van der Waals surface area contributed by atoms with Gasteiger partial charge in [-0.1, -0.05) is 12.1 Å². The van der Waals surface area contributed by atoms with Crippen molar-refractivity contribution < 1.29 is 19.1 Å². The largest absolute Gasteiger partial charge is 0.484 e. The third kappa shape index (κ3) is 6.17. The molecule has 1 heterocycles. The summed E-state index contributed by atoms with van der Waals surface area (Å²) in [6, 6.07) is 7.20. The van der Waals surface area contributed by atoms with Crippen LogP contribution in [0.15, 0.2) is 24.3 Å². The first kappa shape index (κ1) is 18.2. The van der Waals surface area contributed by atoms with Crippen molar-refractivity contribution in [1.82, 2.24) is 10.2 Å². The first-order valence-corrected chi connectivity index (χ1v) is 8.08. The first-order valence-electron chi connectivity index (χ1n) is 8.08. The Hall–Kier alpha value is -2.12. The average molecular weight is 335 g/mol. The second-order valence-electron chi connectivity index (χ2n) is 5.89. The van der Waals surface area contributed by atoms with Crippen molar-refractivity contribution >= 4 is 11.8 Å². The third-order valence-corrected chi connectivity index (χ3v) is 4.03. The molecular formula is C17H25N3O4. The van der Waals surface area contributed by atoms with E-state index in [2.05, 4.69) is 10.2 Å². The summed E-state index contributed by atoms with van der Waals surface area (Å²) in [7, 11) is 1.73. The molecule has 2 amide bonds. The van der Waals surface area contributed by atoms with Gasteiger partial charge in [0.1, 0.15) is 5.75 Å². The maximum atomic E-state index is 12.0. The number of nitrogens with one attached hydrogen (secondary N) is 1. The van der Waals surface area contributed by atoms with E-state index < -0.39 is 5.91 Å². The lowest BCUT2D eigenvalue weighted by molar-refractivity contribution is -0.123. The van der Waals surface area contributed by atoms with Crippen molar-refractivity contribution in [3.8, 4) is 5.75 Å². The molecule has 3 N–H and O–H groups in total. The van der Waals surface area contributed by atoms with Gasteiger partial charge in [-0.15, -0.1) is 0 Å². The zero-order valence-electron chi connectivity index (χ0n) is 14.0. The van der Waals surface area contributed by atoms with Crippen LogP contribution in [-0.2, 0) is 20.9 Å². The topological polar surface area (TPSA) is 93.9 Å². The molecule has 0 aliphatic carbocycles. The number of carbonyl (C=O) groups is 2. The highest BCUT2D eigenvalue weighted by atomic mass is 16.5. The van der Waals surface area contributed by atoms with Crippen LogP contribution in [0.5, 0.6) is 5.75 Å². The SMILES string of the molecule is COC1CCN(CC(=O)NCc2ccc(OCC(N)=O)cc2)CC1. The van der Waals surface area contributed by atoms with E-state index in [1.54, 1.807) is 19.2 Å². The monoisotopic (exact) mass is 335 g/mol. The minimum absolute atomic E-state index is 0.0138. The van der Waals surface area contributed by atoms with Gasteiger partial charge < -0.3 is 20.5 Å². The van der Waals surface area contributed by atoms with E-state index in [9.17, 15) is 9.59 Å². The first-order chi connectivity index (χ1) is 11.6. The number of benzene rings is 1. The van der Waals surface area contributed by atoms with Gasteiger partial charge in [-0.3, -0.25) is 14.5 Å². The number of primary amides is 1. The normalized spacial score (nSPS) is 15.9. The van der Waals surface area contributed by atoms with Crippen LogP contribution >= 0.6 is 0 Å². The Balaban J connectivity index is 1.69. The van der Waals surface area contributed by atoms with E-state index in [1.807, 2.05) is 12.1 Å². The van der Waals surface area contributed by atoms with Crippen molar-refractivity contribution in [2.45, 2.75) is 25.5 Å². The van der Waals surface area contributed by atoms with E-state index in [0.717, 1.165) is 31.5 Å². The molecule has 1 aromatic carbocycles. The summed E-state index contributed by atoms with van der Waals surface area (Å²) in [5.41, 5.74) is 5.99. The lowest BCUT2D eigenvalue weighted by Crippen LogP contribution is -2.42. The molecule has 0 unspecified atom stereocenters. The molecule has 7 nitrogen and oxygen atoms in total. The molecule has 1 aliphatic heterocycles. The highest BCUT2D eigenvalue weighted by molar-refractivity contribution is 5.78. The Morgan fingerprint density at radius 2 is 1.92 bits per heavy atom. The molecule has 1 saturated heterocycles. The fraction of sp³-hybridized carbons (Fsp3) is 0.529. The van der Waals surface area contributed by atoms with Crippen molar-refractivity contribution in [2.24, 2.45) is 5.73 Å². The van der Waals surface area contributed by atoms with Gasteiger partial charge in [0, 0.05) is 26.7 Å². The molecule has 1 aliphatic rings. The van der Waals surface area contributed by atoms with Crippen LogP contribution in [0.3, 0.4) is 0 Å². The minimum atomic E-state index is -0.513. The number of piperidine rings is 1. The summed E-state index contributed by atoms with van der Waals surface area (Å²) in [5, 5.41) is 2.91. The second kappa shape index (κ2) is 9.24. The van der Waals surface area contributed by atoms with E-state index in [1.165, 1.54) is 0 Å². The van der Waals surface area contributed by atoms with Crippen molar-refractivity contribution in [1.29, 1.82) is 0 Å². The summed E-state index contributed by atoms with van der Waals surface area (Å²) in [6.07, 6.45) is 2.26. The van der Waals surface area contributed by atoms with Crippen molar-refractivity contribution in [2.75, 3.05) is 33.4 Å². The molecule has 0 bridgehead atoms. The Bertz CT molecular complexity index is 539. The zero-order valence-corrected chi connectivity index (χ0v) is 14.0. The molecule has 0 spiro atoms. The van der Waals surface area contributed by atoms with E-state index in [-0.39, 0.29) is 12.5 Å². The number of likely N-dealkylation sites (tertiary alicyclic amines) is 1. The predicted octanol–water partition coefficient (Wildman–Crippen LogP) is 0.278. The number of rotatable bonds is 8. The molecule has 1 fully saturated rings. The van der Waals surface area contributed by atoms with E-state index >= 15 is 0 Å². The van der Waals surface area contributed by atoms with Gasteiger partial charge in [0.25, 0.3) is 5.91 Å². The van der Waals surface area contributed by atoms with Crippen LogP contribution in [0.25, 0.3) is 0 Å². The molecule has 0 aromatic heterocycles. The van der Waals surface area contributed by atoms with Gasteiger partial charge in [0.2, 0.25) is 5.91 Å². The quantitative estimate of drug-likeness (QED) is 0.712. The number of hydrogen-bond acceptors (Lipinski definition) is 5. The summed E-state index contributed by atoms with van der Waals surface area (Å²) < 4.78 is 10.5. The lowest BCUT2D eigenvalue weighted by Gasteiger charge is -2.30. The van der Waals surface area contributed by atoms with Crippen molar-refractivity contribution in [3.63, 3.8) is 0 Å². The van der Waals surface area contributed by atoms with E-state index in [0.29, 0.717) is 24.9 Å². The van der Waals surface area contributed by atoms with Crippen LogP contribution in [0, 0.1) is 0 Å². The fourth-order valence-corrected chi connectivity index (χ4v) is 2.62. The lowest BCUT2D eigenvalue weighted by atomic mass is 10.1. The molecule has 0 atom stereocenters. The molecule has 0 radical (unpaired) electrons. The summed E-state index contributed by atoms with van der Waals surface area (Å²) in [5.74, 6) is 0.0747. The van der Waals surface area contributed by atoms with Crippen molar-refractivity contribution in [3.05, 3.63) is 29.8 Å². The number of carbonyl (C=O) groups excluding carboxylic acids is 2. The molecular weight excluding hydrogens is 310 g/mol. The van der Waals surface area contributed by atoms with Crippen LogP contribution in [-0.4, -0.2) is 56.2 Å². The van der Waals surface area contributed by atoms with Gasteiger partial charge in [0.05, 0.1) is 12.6 Å². The molecule has 132 valence electrons. The Labute approximate surface area is 142 Å². The van der Waals surface area contributed by atoms with Crippen LogP contribution in [0.2, 0.25) is 0 Å². The maximum absolute atomic E-state index is 12.0. The maximum Gasteiger partial charge on any atom is 0.255 e. The van der Waals surface area contributed by atoms with Gasteiger partial charge in [-0.05, 0) is 30.5 Å². The smallest absolute Gasteiger partial charge is 0.255 e. The number of methoxy groups -OCH3 is 1. The van der Waals surface area contributed by atoms with Gasteiger partial charge in [-0.2, -0.15) is 0 Å². The summed E-state index contributed by atoms with van der Waals surface area (Å²) in [6.45, 7) is 2.51. The highest BCUT2D eigenvalue weighted by Crippen LogP contribution is 2.13. The Morgan fingerprint density at radius 3 is 2.50 bits per heavy atom. The standard InChI is InChI=1S/C17H25N3O4/c1-23-14-6-8-20(9-7-14)11-17(22)19-10-13-2-4-15(5-3-13)24-12-16(18)21/h2-5,14H,6-12H2,1H3,(H2,18,21)(H,19,22). The van der Waals surface area contributed by atoms with Crippen LogP contribution in [0.1, 0.15) is 18.4 Å². The number of nitrogens with two attached hydrogens (primary N) is 1. The van der Waals surface area contributed by atoms with Gasteiger partial charge >= 0.3 is 0 Å². The Kier molecular flexibility index (Phi) is 7.02. The molecule has 24 heavy (non-hydrogen) atoms. The minimum Gasteiger partial charge on any atom is -0.484 e. The second-order valence-corrected chi connectivity index (χ2v) is 5.89. The number of ether oxygens (including phenoxy) is 2. The van der Waals surface area contributed by atoms with Crippen LogP contribution < -0.4 is 15.8 Å².